The molecule has 120 valence electrons. The molecule has 2 aromatic rings. The average molecular weight is 331 g/mol. The van der Waals surface area contributed by atoms with Crippen molar-refractivity contribution in [3.8, 4) is 0 Å². The highest BCUT2D eigenvalue weighted by atomic mass is 35.5. The number of hydrogen-bond donors (Lipinski definition) is 1. The number of amides is 2. The SMILES string of the molecule is CN(C)C(=O)CNC(=O)c1ccc(Cc2cccc(Cl)c2)cc1. The van der Waals surface area contributed by atoms with Crippen LogP contribution in [0.25, 0.3) is 0 Å². The zero-order valence-corrected chi connectivity index (χ0v) is 13.9. The van der Waals surface area contributed by atoms with Crippen LogP contribution < -0.4 is 5.32 Å². The molecule has 2 amide bonds. The molecule has 2 rings (SSSR count). The first kappa shape index (κ1) is 17.0. The number of likely N-dealkylation sites (N-methyl/N-ethyl adjacent to an activating group) is 1. The maximum Gasteiger partial charge on any atom is 0.251 e. The normalized spacial score (nSPS) is 10.2. The molecule has 0 aromatic heterocycles. The molecule has 5 heteroatoms. The third-order valence-electron chi connectivity index (χ3n) is 3.41. The molecule has 0 heterocycles. The molecule has 0 spiro atoms. The van der Waals surface area contributed by atoms with Gasteiger partial charge in [0.15, 0.2) is 0 Å². The van der Waals surface area contributed by atoms with Crippen LogP contribution in [0.1, 0.15) is 21.5 Å². The van der Waals surface area contributed by atoms with Crippen LogP contribution in [0.3, 0.4) is 0 Å². The Morgan fingerprint density at radius 3 is 2.35 bits per heavy atom. The van der Waals surface area contributed by atoms with Crippen molar-refractivity contribution in [3.05, 3.63) is 70.2 Å². The number of nitrogens with zero attached hydrogens (tertiary/aromatic N) is 1. The number of hydrogen-bond acceptors (Lipinski definition) is 2. The number of rotatable bonds is 5. The topological polar surface area (TPSA) is 49.4 Å². The largest absolute Gasteiger partial charge is 0.347 e. The summed E-state index contributed by atoms with van der Waals surface area (Å²) in [5.74, 6) is -0.398. The van der Waals surface area contributed by atoms with E-state index in [2.05, 4.69) is 5.32 Å². The van der Waals surface area contributed by atoms with Crippen LogP contribution in [-0.4, -0.2) is 37.4 Å². The van der Waals surface area contributed by atoms with E-state index >= 15 is 0 Å². The summed E-state index contributed by atoms with van der Waals surface area (Å²) in [6, 6.07) is 15.0. The van der Waals surface area contributed by atoms with Gasteiger partial charge >= 0.3 is 0 Å². The molecular weight excluding hydrogens is 312 g/mol. The van der Waals surface area contributed by atoms with Gasteiger partial charge in [-0.25, -0.2) is 0 Å². The lowest BCUT2D eigenvalue weighted by molar-refractivity contribution is -0.127. The van der Waals surface area contributed by atoms with Crippen molar-refractivity contribution in [1.82, 2.24) is 10.2 Å². The summed E-state index contributed by atoms with van der Waals surface area (Å²) >= 11 is 5.98. The van der Waals surface area contributed by atoms with Crippen molar-refractivity contribution in [3.63, 3.8) is 0 Å². The van der Waals surface area contributed by atoms with E-state index < -0.39 is 0 Å². The molecule has 0 unspecified atom stereocenters. The predicted molar refractivity (Wildman–Crippen MR) is 91.7 cm³/mol. The van der Waals surface area contributed by atoms with Crippen LogP contribution in [0.4, 0.5) is 0 Å². The molecule has 0 saturated heterocycles. The molecule has 0 fully saturated rings. The first-order valence-electron chi connectivity index (χ1n) is 7.27. The Hall–Kier alpha value is -2.33. The average Bonchev–Trinajstić information content (AvgIpc) is 2.53. The molecule has 23 heavy (non-hydrogen) atoms. The second kappa shape index (κ2) is 7.79. The molecule has 0 saturated carbocycles. The number of benzene rings is 2. The fourth-order valence-electron chi connectivity index (χ4n) is 2.07. The van der Waals surface area contributed by atoms with Gasteiger partial charge in [-0.3, -0.25) is 9.59 Å². The molecule has 0 aliphatic carbocycles. The molecule has 2 aromatic carbocycles. The van der Waals surface area contributed by atoms with E-state index in [1.54, 1.807) is 26.2 Å². The monoisotopic (exact) mass is 330 g/mol. The maximum absolute atomic E-state index is 12.0. The maximum atomic E-state index is 12.0. The van der Waals surface area contributed by atoms with Crippen LogP contribution in [0.15, 0.2) is 48.5 Å². The van der Waals surface area contributed by atoms with Gasteiger partial charge in [0.2, 0.25) is 5.91 Å². The van der Waals surface area contributed by atoms with Gasteiger partial charge in [0.1, 0.15) is 0 Å². The van der Waals surface area contributed by atoms with E-state index in [-0.39, 0.29) is 18.4 Å². The van der Waals surface area contributed by atoms with Crippen LogP contribution in [0, 0.1) is 0 Å². The predicted octanol–water partition coefficient (Wildman–Crippen LogP) is 2.75. The zero-order valence-electron chi connectivity index (χ0n) is 13.2. The lowest BCUT2D eigenvalue weighted by Gasteiger charge is -2.11. The van der Waals surface area contributed by atoms with Gasteiger partial charge in [-0.05, 0) is 41.8 Å². The highest BCUT2D eigenvalue weighted by Gasteiger charge is 2.09. The van der Waals surface area contributed by atoms with Gasteiger partial charge in [-0.1, -0.05) is 35.9 Å². The summed E-state index contributed by atoms with van der Waals surface area (Å²) in [4.78, 5) is 24.9. The highest BCUT2D eigenvalue weighted by molar-refractivity contribution is 6.30. The second-order valence-electron chi connectivity index (χ2n) is 5.47. The molecule has 1 N–H and O–H groups in total. The lowest BCUT2D eigenvalue weighted by Crippen LogP contribution is -2.36. The quantitative estimate of drug-likeness (QED) is 0.916. The number of nitrogens with one attached hydrogen (secondary N) is 1. The Balaban J connectivity index is 1.96. The second-order valence-corrected chi connectivity index (χ2v) is 5.91. The minimum atomic E-state index is -0.255. The summed E-state index contributed by atoms with van der Waals surface area (Å²) in [6.07, 6.45) is 0.752. The number of carbonyl (C=O) groups excluding carboxylic acids is 2. The Labute approximate surface area is 141 Å². The van der Waals surface area contributed by atoms with Crippen LogP contribution >= 0.6 is 11.6 Å². The number of halogens is 1. The van der Waals surface area contributed by atoms with Crippen molar-refractivity contribution in [2.45, 2.75) is 6.42 Å². The van der Waals surface area contributed by atoms with Gasteiger partial charge < -0.3 is 10.2 Å². The van der Waals surface area contributed by atoms with E-state index in [9.17, 15) is 9.59 Å². The van der Waals surface area contributed by atoms with E-state index in [1.807, 2.05) is 36.4 Å². The molecule has 0 aliphatic heterocycles. The molecular formula is C18H19ClN2O2. The third kappa shape index (κ3) is 5.11. The Kier molecular flexibility index (Phi) is 5.77. The summed E-state index contributed by atoms with van der Waals surface area (Å²) in [7, 11) is 3.30. The third-order valence-corrected chi connectivity index (χ3v) is 3.65. The van der Waals surface area contributed by atoms with Gasteiger partial charge in [-0.15, -0.1) is 0 Å². The fraction of sp³-hybridized carbons (Fsp3) is 0.222. The lowest BCUT2D eigenvalue weighted by atomic mass is 10.0. The zero-order chi connectivity index (χ0) is 16.8. The molecule has 0 atom stereocenters. The summed E-state index contributed by atoms with van der Waals surface area (Å²) in [5, 5.41) is 3.32. The molecule has 0 radical (unpaired) electrons. The Morgan fingerprint density at radius 1 is 1.04 bits per heavy atom. The van der Waals surface area contributed by atoms with E-state index in [0.717, 1.165) is 17.5 Å². The van der Waals surface area contributed by atoms with Gasteiger partial charge in [0, 0.05) is 24.7 Å². The van der Waals surface area contributed by atoms with Gasteiger partial charge in [0.25, 0.3) is 5.91 Å². The summed E-state index contributed by atoms with van der Waals surface area (Å²) in [5.41, 5.74) is 2.74. The molecule has 0 bridgehead atoms. The Morgan fingerprint density at radius 2 is 1.74 bits per heavy atom. The van der Waals surface area contributed by atoms with Crippen molar-refractivity contribution in [1.29, 1.82) is 0 Å². The molecule has 4 nitrogen and oxygen atoms in total. The van der Waals surface area contributed by atoms with E-state index in [1.165, 1.54) is 4.90 Å². The van der Waals surface area contributed by atoms with Crippen LogP contribution in [0.2, 0.25) is 5.02 Å². The smallest absolute Gasteiger partial charge is 0.251 e. The van der Waals surface area contributed by atoms with Crippen molar-refractivity contribution in [2.24, 2.45) is 0 Å². The van der Waals surface area contributed by atoms with Crippen molar-refractivity contribution in [2.75, 3.05) is 20.6 Å². The van der Waals surface area contributed by atoms with Crippen molar-refractivity contribution < 1.29 is 9.59 Å². The standard InChI is InChI=1S/C18H19ClN2O2/c1-21(2)17(22)12-20-18(23)15-8-6-13(7-9-15)10-14-4-3-5-16(19)11-14/h3-9,11H,10,12H2,1-2H3,(H,20,23). The first-order chi connectivity index (χ1) is 11.0. The van der Waals surface area contributed by atoms with Crippen LogP contribution in [0.5, 0.6) is 0 Å². The molecule has 0 aliphatic rings. The first-order valence-corrected chi connectivity index (χ1v) is 7.65. The number of carbonyl (C=O) groups is 2. The van der Waals surface area contributed by atoms with E-state index in [4.69, 9.17) is 11.6 Å². The van der Waals surface area contributed by atoms with Crippen molar-refractivity contribution >= 4 is 23.4 Å². The summed E-state index contributed by atoms with van der Waals surface area (Å²) < 4.78 is 0. The minimum absolute atomic E-state index is 0.00387. The van der Waals surface area contributed by atoms with Gasteiger partial charge in [0.05, 0.1) is 6.54 Å². The van der Waals surface area contributed by atoms with Gasteiger partial charge in [-0.2, -0.15) is 0 Å². The summed E-state index contributed by atoms with van der Waals surface area (Å²) in [6.45, 7) is -0.00387. The highest BCUT2D eigenvalue weighted by Crippen LogP contribution is 2.15. The van der Waals surface area contributed by atoms with E-state index in [0.29, 0.717) is 10.6 Å². The minimum Gasteiger partial charge on any atom is -0.347 e. The fourth-order valence-corrected chi connectivity index (χ4v) is 2.29. The Bertz CT molecular complexity index is 696. The van der Waals surface area contributed by atoms with Crippen LogP contribution in [-0.2, 0) is 11.2 Å².